The fourth-order valence-electron chi connectivity index (χ4n) is 2.53. The zero-order valence-electron chi connectivity index (χ0n) is 14.4. The van der Waals surface area contributed by atoms with E-state index in [9.17, 15) is 12.8 Å². The van der Waals surface area contributed by atoms with Crippen molar-refractivity contribution in [3.8, 4) is 11.5 Å². The van der Waals surface area contributed by atoms with Gasteiger partial charge >= 0.3 is 0 Å². The van der Waals surface area contributed by atoms with Crippen LogP contribution in [0.2, 0.25) is 0 Å². The Kier molecular flexibility index (Phi) is 5.15. The van der Waals surface area contributed by atoms with Gasteiger partial charge in [0.25, 0.3) is 0 Å². The monoisotopic (exact) mass is 375 g/mol. The third-order valence-electron chi connectivity index (χ3n) is 3.79. The quantitative estimate of drug-likeness (QED) is 0.716. The van der Waals surface area contributed by atoms with E-state index in [2.05, 4.69) is 14.9 Å². The first-order chi connectivity index (χ1) is 12.3. The molecule has 2 aromatic carbocycles. The lowest BCUT2D eigenvalue weighted by molar-refractivity contribution is 0.502. The second kappa shape index (κ2) is 7.35. The Morgan fingerprint density at radius 1 is 1.12 bits per heavy atom. The summed E-state index contributed by atoms with van der Waals surface area (Å²) in [5, 5.41) is 7.93. The second-order valence-corrected chi connectivity index (χ2v) is 7.66. The van der Waals surface area contributed by atoms with Gasteiger partial charge in [0.05, 0.1) is 4.90 Å². The van der Waals surface area contributed by atoms with Gasteiger partial charge in [0, 0.05) is 18.5 Å². The molecular weight excluding hydrogens is 357 g/mol. The summed E-state index contributed by atoms with van der Waals surface area (Å²) < 4.78 is 45.8. The number of rotatable bonds is 6. The average molecular weight is 375 g/mol. The van der Waals surface area contributed by atoms with Crippen molar-refractivity contribution < 1.29 is 17.2 Å². The lowest BCUT2D eigenvalue weighted by Gasteiger charge is -2.08. The van der Waals surface area contributed by atoms with Crippen molar-refractivity contribution in [2.75, 3.05) is 6.54 Å². The van der Waals surface area contributed by atoms with Gasteiger partial charge in [0.1, 0.15) is 5.82 Å². The molecule has 0 unspecified atom stereocenters. The number of nitrogens with one attached hydrogen (secondary N) is 1. The zero-order chi connectivity index (χ0) is 18.7. The van der Waals surface area contributed by atoms with E-state index >= 15 is 0 Å². The SMILES string of the molecule is Cc1cccc(-c2nnc(CCNS(=O)(=O)c3ccc(F)cc3C)o2)c1. The molecule has 0 aliphatic carbocycles. The molecule has 1 N–H and O–H groups in total. The number of nitrogens with zero attached hydrogens (tertiary/aromatic N) is 2. The molecule has 0 spiro atoms. The first-order valence-corrected chi connectivity index (χ1v) is 9.49. The fourth-order valence-corrected chi connectivity index (χ4v) is 3.79. The van der Waals surface area contributed by atoms with Gasteiger partial charge in [-0.25, -0.2) is 17.5 Å². The van der Waals surface area contributed by atoms with Crippen molar-refractivity contribution in [1.29, 1.82) is 0 Å². The maximum absolute atomic E-state index is 13.1. The third kappa shape index (κ3) is 4.14. The number of sulfonamides is 1. The van der Waals surface area contributed by atoms with Crippen molar-refractivity contribution in [2.24, 2.45) is 0 Å². The van der Waals surface area contributed by atoms with Gasteiger partial charge in [0.15, 0.2) is 0 Å². The molecule has 3 aromatic rings. The highest BCUT2D eigenvalue weighted by atomic mass is 32.2. The summed E-state index contributed by atoms with van der Waals surface area (Å²) in [6, 6.07) is 11.2. The molecule has 8 heteroatoms. The van der Waals surface area contributed by atoms with E-state index in [1.807, 2.05) is 31.2 Å². The maximum atomic E-state index is 13.1. The van der Waals surface area contributed by atoms with Crippen molar-refractivity contribution in [3.63, 3.8) is 0 Å². The highest BCUT2D eigenvalue weighted by molar-refractivity contribution is 7.89. The van der Waals surface area contributed by atoms with Crippen LogP contribution in [0, 0.1) is 19.7 Å². The molecule has 6 nitrogen and oxygen atoms in total. The smallest absolute Gasteiger partial charge is 0.247 e. The van der Waals surface area contributed by atoms with Crippen LogP contribution >= 0.6 is 0 Å². The lowest BCUT2D eigenvalue weighted by atomic mass is 10.1. The van der Waals surface area contributed by atoms with E-state index < -0.39 is 15.8 Å². The van der Waals surface area contributed by atoms with Crippen molar-refractivity contribution in [2.45, 2.75) is 25.2 Å². The highest BCUT2D eigenvalue weighted by Gasteiger charge is 2.17. The predicted molar refractivity (Wildman–Crippen MR) is 94.5 cm³/mol. The molecular formula is C18H18FN3O3S. The average Bonchev–Trinajstić information content (AvgIpc) is 3.03. The van der Waals surface area contributed by atoms with Crippen molar-refractivity contribution in [3.05, 3.63) is 65.3 Å². The minimum atomic E-state index is -3.74. The van der Waals surface area contributed by atoms with Crippen LogP contribution in [0.3, 0.4) is 0 Å². The molecule has 0 amide bonds. The second-order valence-electron chi connectivity index (χ2n) is 5.93. The number of aromatic nitrogens is 2. The van der Waals surface area contributed by atoms with E-state index in [-0.39, 0.29) is 17.9 Å². The summed E-state index contributed by atoms with van der Waals surface area (Å²) in [7, 11) is -3.74. The van der Waals surface area contributed by atoms with E-state index in [1.54, 1.807) is 6.92 Å². The van der Waals surface area contributed by atoms with Crippen molar-refractivity contribution >= 4 is 10.0 Å². The van der Waals surface area contributed by atoms with Crippen LogP contribution in [0.1, 0.15) is 17.0 Å². The van der Waals surface area contributed by atoms with Gasteiger partial charge in [-0.05, 0) is 49.7 Å². The Morgan fingerprint density at radius 2 is 1.92 bits per heavy atom. The van der Waals surface area contributed by atoms with Crippen molar-refractivity contribution in [1.82, 2.24) is 14.9 Å². The first-order valence-electron chi connectivity index (χ1n) is 8.00. The summed E-state index contributed by atoms with van der Waals surface area (Å²) in [5.41, 5.74) is 2.23. The largest absolute Gasteiger partial charge is 0.421 e. The molecule has 0 saturated carbocycles. The Labute approximate surface area is 151 Å². The summed E-state index contributed by atoms with van der Waals surface area (Å²) in [6.45, 7) is 3.60. The molecule has 0 aliphatic rings. The Morgan fingerprint density at radius 3 is 2.65 bits per heavy atom. The van der Waals surface area contributed by atoms with Crippen LogP contribution in [0.5, 0.6) is 0 Å². The topological polar surface area (TPSA) is 85.1 Å². The molecule has 3 rings (SSSR count). The van der Waals surface area contributed by atoms with Crippen LogP contribution in [0.4, 0.5) is 4.39 Å². The zero-order valence-corrected chi connectivity index (χ0v) is 15.2. The number of hydrogen-bond acceptors (Lipinski definition) is 5. The summed E-state index contributed by atoms with van der Waals surface area (Å²) in [4.78, 5) is 0.0462. The first kappa shape index (κ1) is 18.2. The van der Waals surface area contributed by atoms with Gasteiger partial charge in [-0.3, -0.25) is 0 Å². The fraction of sp³-hybridized carbons (Fsp3) is 0.222. The molecule has 0 aliphatic heterocycles. The number of halogens is 1. The van der Waals surface area contributed by atoms with E-state index in [0.717, 1.165) is 17.2 Å². The summed E-state index contributed by atoms with van der Waals surface area (Å²) in [5.74, 6) is 0.247. The molecule has 1 aromatic heterocycles. The van der Waals surface area contributed by atoms with Gasteiger partial charge in [-0.2, -0.15) is 0 Å². The van der Waals surface area contributed by atoms with Gasteiger partial charge in [-0.15, -0.1) is 10.2 Å². The number of hydrogen-bond donors (Lipinski definition) is 1. The minimum absolute atomic E-state index is 0.0462. The lowest BCUT2D eigenvalue weighted by Crippen LogP contribution is -2.26. The Hall–Kier alpha value is -2.58. The van der Waals surface area contributed by atoms with E-state index in [1.165, 1.54) is 12.1 Å². The molecule has 136 valence electrons. The Bertz CT molecular complexity index is 1030. The van der Waals surface area contributed by atoms with Gasteiger partial charge in [-0.1, -0.05) is 17.7 Å². The molecule has 0 saturated heterocycles. The van der Waals surface area contributed by atoms with Crippen LogP contribution < -0.4 is 4.72 Å². The van der Waals surface area contributed by atoms with Gasteiger partial charge in [0.2, 0.25) is 21.8 Å². The molecule has 0 bridgehead atoms. The molecule has 0 atom stereocenters. The molecule has 1 heterocycles. The molecule has 0 fully saturated rings. The number of benzene rings is 2. The van der Waals surface area contributed by atoms with Gasteiger partial charge < -0.3 is 4.42 Å². The number of aryl methyl sites for hydroxylation is 2. The van der Waals surface area contributed by atoms with Crippen LogP contribution in [0.15, 0.2) is 51.8 Å². The van der Waals surface area contributed by atoms with E-state index in [4.69, 9.17) is 4.42 Å². The summed E-state index contributed by atoms with van der Waals surface area (Å²) in [6.07, 6.45) is 0.248. The predicted octanol–water partition coefficient (Wildman–Crippen LogP) is 3.01. The third-order valence-corrected chi connectivity index (χ3v) is 5.41. The maximum Gasteiger partial charge on any atom is 0.247 e. The summed E-state index contributed by atoms with van der Waals surface area (Å²) >= 11 is 0. The van der Waals surface area contributed by atoms with E-state index in [0.29, 0.717) is 17.3 Å². The molecule has 26 heavy (non-hydrogen) atoms. The highest BCUT2D eigenvalue weighted by Crippen LogP contribution is 2.19. The normalized spacial score (nSPS) is 11.7. The van der Waals surface area contributed by atoms with Crippen LogP contribution in [-0.2, 0) is 16.4 Å². The minimum Gasteiger partial charge on any atom is -0.421 e. The van der Waals surface area contributed by atoms with Crippen LogP contribution in [0.25, 0.3) is 11.5 Å². The Balaban J connectivity index is 1.65. The van der Waals surface area contributed by atoms with Crippen LogP contribution in [-0.4, -0.2) is 25.2 Å². The molecule has 0 radical (unpaired) electrons. The standard InChI is InChI=1S/C18H18FN3O3S/c1-12-4-3-5-14(10-12)18-22-21-17(25-18)8-9-20-26(23,24)16-7-6-15(19)11-13(16)2/h3-7,10-11,20H,8-9H2,1-2H3.